The van der Waals surface area contributed by atoms with Gasteiger partial charge in [-0.05, 0) is 24.3 Å². The Morgan fingerprint density at radius 1 is 1.30 bits per heavy atom. The van der Waals surface area contributed by atoms with Crippen molar-refractivity contribution in [2.24, 2.45) is 5.73 Å². The number of primary amides is 1. The summed E-state index contributed by atoms with van der Waals surface area (Å²) < 4.78 is 0. The van der Waals surface area contributed by atoms with Crippen molar-refractivity contribution in [3.8, 4) is 5.75 Å². The highest BCUT2D eigenvalue weighted by molar-refractivity contribution is 8.00. The highest BCUT2D eigenvalue weighted by Gasteiger charge is 2.04. The quantitative estimate of drug-likeness (QED) is 0.708. The van der Waals surface area contributed by atoms with Crippen LogP contribution in [-0.2, 0) is 11.3 Å². The van der Waals surface area contributed by atoms with Crippen LogP contribution in [0.4, 0.5) is 5.69 Å². The summed E-state index contributed by atoms with van der Waals surface area (Å²) in [5.74, 6) is 0.0482. The Morgan fingerprint density at radius 3 is 2.80 bits per heavy atom. The number of thioether (sulfide) groups is 1. The molecule has 0 bridgehead atoms. The lowest BCUT2D eigenvalue weighted by Gasteiger charge is -2.10. The third-order valence-corrected chi connectivity index (χ3v) is 3.62. The standard InChI is InChI=1S/C14H15N3O2S/c15-14(19)9-20-13-4-2-1-3-12(13)17-7-10-5-6-11(18)8-16-10/h1-6,8,17-18H,7,9H2,(H2,15,19). The topological polar surface area (TPSA) is 88.2 Å². The third-order valence-electron chi connectivity index (χ3n) is 2.53. The minimum absolute atomic E-state index is 0.145. The predicted molar refractivity (Wildman–Crippen MR) is 79.6 cm³/mol. The monoisotopic (exact) mass is 289 g/mol. The minimum Gasteiger partial charge on any atom is -0.506 e. The molecule has 1 aromatic carbocycles. The number of amides is 1. The van der Waals surface area contributed by atoms with Crippen LogP contribution < -0.4 is 11.1 Å². The molecule has 1 heterocycles. The van der Waals surface area contributed by atoms with Gasteiger partial charge in [-0.15, -0.1) is 11.8 Å². The molecule has 0 fully saturated rings. The van der Waals surface area contributed by atoms with Crippen LogP contribution in [-0.4, -0.2) is 21.8 Å². The van der Waals surface area contributed by atoms with Gasteiger partial charge in [0.15, 0.2) is 0 Å². The normalized spacial score (nSPS) is 10.2. The van der Waals surface area contributed by atoms with Gasteiger partial charge in [0.25, 0.3) is 0 Å². The highest BCUT2D eigenvalue weighted by Crippen LogP contribution is 2.27. The number of hydrogen-bond donors (Lipinski definition) is 3. The Labute approximate surface area is 121 Å². The molecule has 0 spiro atoms. The molecule has 0 aliphatic carbocycles. The molecule has 0 unspecified atom stereocenters. The molecule has 0 saturated heterocycles. The van der Waals surface area contributed by atoms with E-state index in [1.54, 1.807) is 12.1 Å². The maximum absolute atomic E-state index is 10.8. The SMILES string of the molecule is NC(=O)CSc1ccccc1NCc1ccc(O)cn1. The zero-order chi connectivity index (χ0) is 14.4. The highest BCUT2D eigenvalue weighted by atomic mass is 32.2. The number of carbonyl (C=O) groups is 1. The lowest BCUT2D eigenvalue weighted by Crippen LogP contribution is -2.13. The number of nitrogens with one attached hydrogen (secondary N) is 1. The van der Waals surface area contributed by atoms with Crippen molar-refractivity contribution < 1.29 is 9.90 Å². The van der Waals surface area contributed by atoms with Crippen LogP contribution in [0.2, 0.25) is 0 Å². The van der Waals surface area contributed by atoms with E-state index in [9.17, 15) is 9.90 Å². The first-order valence-electron chi connectivity index (χ1n) is 6.03. The van der Waals surface area contributed by atoms with Crippen LogP contribution in [0.3, 0.4) is 0 Å². The molecule has 1 aromatic heterocycles. The summed E-state index contributed by atoms with van der Waals surface area (Å²) in [6.45, 7) is 0.536. The summed E-state index contributed by atoms with van der Waals surface area (Å²) in [5, 5.41) is 12.4. The summed E-state index contributed by atoms with van der Waals surface area (Å²) in [7, 11) is 0. The van der Waals surface area contributed by atoms with Gasteiger partial charge in [0.05, 0.1) is 24.2 Å². The number of carbonyl (C=O) groups excluding carboxylic acids is 1. The number of aromatic nitrogens is 1. The largest absolute Gasteiger partial charge is 0.506 e. The smallest absolute Gasteiger partial charge is 0.227 e. The molecule has 20 heavy (non-hydrogen) atoms. The Balaban J connectivity index is 2.01. The summed E-state index contributed by atoms with van der Waals surface area (Å²) in [5.41, 5.74) is 6.90. The second-order valence-corrected chi connectivity index (χ2v) is 5.13. The van der Waals surface area contributed by atoms with E-state index in [-0.39, 0.29) is 17.4 Å². The Kier molecular flexibility index (Phi) is 4.84. The van der Waals surface area contributed by atoms with Gasteiger partial charge in [0.2, 0.25) is 5.91 Å². The average molecular weight is 289 g/mol. The van der Waals surface area contributed by atoms with Crippen LogP contribution in [0.25, 0.3) is 0 Å². The summed E-state index contributed by atoms with van der Waals surface area (Å²) >= 11 is 1.40. The molecule has 0 aliphatic heterocycles. The van der Waals surface area contributed by atoms with Crippen molar-refractivity contribution in [1.82, 2.24) is 4.98 Å². The zero-order valence-corrected chi connectivity index (χ0v) is 11.6. The van der Waals surface area contributed by atoms with Gasteiger partial charge in [-0.3, -0.25) is 9.78 Å². The number of nitrogens with zero attached hydrogens (tertiary/aromatic N) is 1. The van der Waals surface area contributed by atoms with Crippen molar-refractivity contribution in [3.05, 3.63) is 48.3 Å². The second-order valence-electron chi connectivity index (χ2n) is 4.11. The van der Waals surface area contributed by atoms with E-state index in [1.807, 2.05) is 24.3 Å². The number of hydrogen-bond acceptors (Lipinski definition) is 5. The fourth-order valence-electron chi connectivity index (χ4n) is 1.59. The average Bonchev–Trinajstić information content (AvgIpc) is 2.45. The first-order chi connectivity index (χ1) is 9.65. The maximum Gasteiger partial charge on any atom is 0.227 e. The molecule has 0 radical (unpaired) electrons. The molecule has 2 rings (SSSR count). The predicted octanol–water partition coefficient (Wildman–Crippen LogP) is 1.98. The molecule has 0 aliphatic rings. The van der Waals surface area contributed by atoms with Gasteiger partial charge in [0.1, 0.15) is 5.75 Å². The Morgan fingerprint density at radius 2 is 2.10 bits per heavy atom. The van der Waals surface area contributed by atoms with Crippen LogP contribution in [0, 0.1) is 0 Å². The molecule has 6 heteroatoms. The Bertz CT molecular complexity index is 587. The summed E-state index contributed by atoms with van der Waals surface area (Å²) in [4.78, 5) is 15.9. The van der Waals surface area contributed by atoms with E-state index in [2.05, 4.69) is 10.3 Å². The van der Waals surface area contributed by atoms with Crippen molar-refractivity contribution in [1.29, 1.82) is 0 Å². The number of aromatic hydroxyl groups is 1. The molecule has 2 aromatic rings. The first kappa shape index (κ1) is 14.2. The lowest BCUT2D eigenvalue weighted by molar-refractivity contribution is -0.115. The van der Waals surface area contributed by atoms with Crippen molar-refractivity contribution in [3.63, 3.8) is 0 Å². The molecule has 1 amide bonds. The van der Waals surface area contributed by atoms with Gasteiger partial charge >= 0.3 is 0 Å². The van der Waals surface area contributed by atoms with Gasteiger partial charge in [-0.25, -0.2) is 0 Å². The number of anilines is 1. The van der Waals surface area contributed by atoms with E-state index in [1.165, 1.54) is 18.0 Å². The molecular weight excluding hydrogens is 274 g/mol. The van der Waals surface area contributed by atoms with Crippen molar-refractivity contribution in [2.45, 2.75) is 11.4 Å². The van der Waals surface area contributed by atoms with E-state index in [4.69, 9.17) is 5.73 Å². The first-order valence-corrected chi connectivity index (χ1v) is 7.01. The van der Waals surface area contributed by atoms with Crippen LogP contribution in [0.15, 0.2) is 47.5 Å². The second kappa shape index (κ2) is 6.81. The molecule has 5 nitrogen and oxygen atoms in total. The van der Waals surface area contributed by atoms with Crippen LogP contribution in [0.1, 0.15) is 5.69 Å². The molecular formula is C14H15N3O2S. The van der Waals surface area contributed by atoms with Crippen molar-refractivity contribution in [2.75, 3.05) is 11.1 Å². The van der Waals surface area contributed by atoms with E-state index in [0.29, 0.717) is 6.54 Å². The number of pyridine rings is 1. The van der Waals surface area contributed by atoms with E-state index < -0.39 is 0 Å². The van der Waals surface area contributed by atoms with E-state index >= 15 is 0 Å². The molecule has 0 atom stereocenters. The number of nitrogens with two attached hydrogens (primary N) is 1. The zero-order valence-electron chi connectivity index (χ0n) is 10.7. The maximum atomic E-state index is 10.8. The Hall–Kier alpha value is -2.21. The van der Waals surface area contributed by atoms with Gasteiger partial charge in [-0.1, -0.05) is 12.1 Å². The molecule has 4 N–H and O–H groups in total. The summed E-state index contributed by atoms with van der Waals surface area (Å²) in [6, 6.07) is 11.0. The number of benzene rings is 1. The molecule has 104 valence electrons. The van der Waals surface area contributed by atoms with Crippen LogP contribution >= 0.6 is 11.8 Å². The van der Waals surface area contributed by atoms with Crippen molar-refractivity contribution >= 4 is 23.4 Å². The minimum atomic E-state index is -0.343. The fraction of sp³-hybridized carbons (Fsp3) is 0.143. The van der Waals surface area contributed by atoms with Crippen LogP contribution in [0.5, 0.6) is 5.75 Å². The van der Waals surface area contributed by atoms with Gasteiger partial charge < -0.3 is 16.2 Å². The third kappa shape index (κ3) is 4.17. The molecule has 0 saturated carbocycles. The number of para-hydroxylation sites is 1. The summed E-state index contributed by atoms with van der Waals surface area (Å²) in [6.07, 6.45) is 1.41. The van der Waals surface area contributed by atoms with Gasteiger partial charge in [0, 0.05) is 10.6 Å². The number of rotatable bonds is 6. The lowest BCUT2D eigenvalue weighted by atomic mass is 10.3. The van der Waals surface area contributed by atoms with E-state index in [0.717, 1.165) is 16.3 Å². The van der Waals surface area contributed by atoms with Gasteiger partial charge in [-0.2, -0.15) is 0 Å². The fourth-order valence-corrected chi connectivity index (χ4v) is 2.36.